The van der Waals surface area contributed by atoms with Gasteiger partial charge < -0.3 is 15.1 Å². The van der Waals surface area contributed by atoms with Crippen molar-refractivity contribution in [2.45, 2.75) is 19.4 Å². The van der Waals surface area contributed by atoms with E-state index in [9.17, 15) is 0 Å². The number of nitrogens with zero attached hydrogens (tertiary/aromatic N) is 1. The Labute approximate surface area is 78.5 Å². The Kier molecular flexibility index (Phi) is 2.38. The molecule has 1 aromatic rings. The minimum atomic E-state index is 0.110. The fourth-order valence-electron chi connectivity index (χ4n) is 1.69. The highest BCUT2D eigenvalue weighted by Crippen LogP contribution is 2.19. The molecule has 0 bridgehead atoms. The second-order valence-electron chi connectivity index (χ2n) is 3.77. The fourth-order valence-corrected chi connectivity index (χ4v) is 1.69. The molecule has 0 amide bonds. The first-order valence-corrected chi connectivity index (χ1v) is 4.78. The van der Waals surface area contributed by atoms with E-state index in [2.05, 4.69) is 4.90 Å². The van der Waals surface area contributed by atoms with E-state index in [0.717, 1.165) is 17.7 Å². The van der Waals surface area contributed by atoms with Gasteiger partial charge in [0.1, 0.15) is 0 Å². The second-order valence-corrected chi connectivity index (χ2v) is 3.77. The van der Waals surface area contributed by atoms with E-state index < -0.39 is 0 Å². The summed E-state index contributed by atoms with van der Waals surface area (Å²) in [4.78, 5) is 2.37. The summed E-state index contributed by atoms with van der Waals surface area (Å²) >= 11 is 0. The van der Waals surface area contributed by atoms with E-state index in [0.29, 0.717) is 0 Å². The van der Waals surface area contributed by atoms with Crippen LogP contribution in [-0.2, 0) is 0 Å². The van der Waals surface area contributed by atoms with E-state index >= 15 is 0 Å². The Balaban J connectivity index is 1.96. The van der Waals surface area contributed by atoms with E-state index in [1.54, 1.807) is 12.5 Å². The molecule has 1 unspecified atom stereocenters. The van der Waals surface area contributed by atoms with Crippen molar-refractivity contribution in [3.63, 3.8) is 0 Å². The van der Waals surface area contributed by atoms with Crippen LogP contribution in [0.5, 0.6) is 0 Å². The second kappa shape index (κ2) is 3.52. The Bertz CT molecular complexity index is 278. The highest BCUT2D eigenvalue weighted by Gasteiger charge is 2.19. The number of aryl methyl sites for hydroxylation is 1. The molecule has 2 rings (SSSR count). The lowest BCUT2D eigenvalue weighted by Crippen LogP contribution is -2.41. The van der Waals surface area contributed by atoms with Crippen LogP contribution in [0.4, 0.5) is 0 Å². The van der Waals surface area contributed by atoms with Crippen LogP contribution in [0.15, 0.2) is 16.9 Å². The highest BCUT2D eigenvalue weighted by atomic mass is 16.3. The van der Waals surface area contributed by atoms with Gasteiger partial charge in [0.25, 0.3) is 0 Å². The van der Waals surface area contributed by atoms with Crippen molar-refractivity contribution in [2.75, 3.05) is 19.6 Å². The lowest BCUT2D eigenvalue weighted by molar-refractivity contribution is 0.170. The topological polar surface area (TPSA) is 42.4 Å². The summed E-state index contributed by atoms with van der Waals surface area (Å²) in [6.07, 6.45) is 4.84. The van der Waals surface area contributed by atoms with Crippen LogP contribution in [0.1, 0.15) is 23.6 Å². The maximum absolute atomic E-state index is 6.05. The molecule has 13 heavy (non-hydrogen) atoms. The zero-order chi connectivity index (χ0) is 9.26. The van der Waals surface area contributed by atoms with Crippen molar-refractivity contribution < 1.29 is 4.42 Å². The third-order valence-electron chi connectivity index (χ3n) is 2.70. The van der Waals surface area contributed by atoms with Gasteiger partial charge in [-0.05, 0) is 32.0 Å². The first-order valence-electron chi connectivity index (χ1n) is 4.78. The van der Waals surface area contributed by atoms with Crippen LogP contribution in [0, 0.1) is 6.92 Å². The molecule has 1 fully saturated rings. The van der Waals surface area contributed by atoms with Gasteiger partial charge >= 0.3 is 0 Å². The van der Waals surface area contributed by atoms with E-state index in [1.165, 1.54) is 19.5 Å². The number of furan rings is 1. The number of nitrogens with two attached hydrogens (primary N) is 1. The molecule has 3 heteroatoms. The lowest BCUT2D eigenvalue weighted by Gasteiger charge is -2.32. The molecule has 72 valence electrons. The zero-order valence-electron chi connectivity index (χ0n) is 7.99. The number of hydrogen-bond donors (Lipinski definition) is 1. The Hall–Kier alpha value is -0.800. The van der Waals surface area contributed by atoms with Gasteiger partial charge in [0, 0.05) is 18.2 Å². The predicted molar refractivity (Wildman–Crippen MR) is 51.4 cm³/mol. The molecule has 1 aliphatic rings. The third-order valence-corrected chi connectivity index (χ3v) is 2.70. The van der Waals surface area contributed by atoms with Gasteiger partial charge in [-0.2, -0.15) is 0 Å². The maximum Gasteiger partial charge on any atom is 0.0953 e. The van der Waals surface area contributed by atoms with Crippen molar-refractivity contribution in [3.8, 4) is 0 Å². The standard InChI is InChI=1S/C10H16N2O/c1-8-6-13-7-9(8)10(11)5-12-3-2-4-12/h6-7,10H,2-5,11H2,1H3. The summed E-state index contributed by atoms with van der Waals surface area (Å²) in [5.41, 5.74) is 8.35. The average Bonchev–Trinajstić information content (AvgIpc) is 2.43. The maximum atomic E-state index is 6.05. The van der Waals surface area contributed by atoms with Gasteiger partial charge in [0.05, 0.1) is 12.5 Å². The van der Waals surface area contributed by atoms with Gasteiger partial charge in [-0.25, -0.2) is 0 Å². The number of likely N-dealkylation sites (tertiary alicyclic amines) is 1. The molecule has 1 aromatic heterocycles. The molecule has 0 radical (unpaired) electrons. The Morgan fingerprint density at radius 1 is 1.54 bits per heavy atom. The quantitative estimate of drug-likeness (QED) is 0.762. The van der Waals surface area contributed by atoms with Gasteiger partial charge in [0.2, 0.25) is 0 Å². The van der Waals surface area contributed by atoms with Gasteiger partial charge in [-0.1, -0.05) is 0 Å². The first kappa shape index (κ1) is 8.78. The molecule has 0 saturated carbocycles. The van der Waals surface area contributed by atoms with Crippen molar-refractivity contribution in [1.29, 1.82) is 0 Å². The molecule has 0 spiro atoms. The minimum Gasteiger partial charge on any atom is -0.472 e. The van der Waals surface area contributed by atoms with Crippen molar-refractivity contribution in [1.82, 2.24) is 4.90 Å². The summed E-state index contributed by atoms with van der Waals surface area (Å²) in [5.74, 6) is 0. The molecule has 2 N–H and O–H groups in total. The monoisotopic (exact) mass is 180 g/mol. The molecule has 1 saturated heterocycles. The number of rotatable bonds is 3. The SMILES string of the molecule is Cc1cocc1C(N)CN1CCC1. The molecule has 1 atom stereocenters. The van der Waals surface area contributed by atoms with E-state index in [-0.39, 0.29) is 6.04 Å². The third kappa shape index (κ3) is 1.76. The molecule has 3 nitrogen and oxygen atoms in total. The zero-order valence-corrected chi connectivity index (χ0v) is 7.99. The Morgan fingerprint density at radius 2 is 2.31 bits per heavy atom. The fraction of sp³-hybridized carbons (Fsp3) is 0.600. The van der Waals surface area contributed by atoms with Crippen LogP contribution in [0.25, 0.3) is 0 Å². The number of hydrogen-bond acceptors (Lipinski definition) is 3. The molecule has 0 aliphatic carbocycles. The van der Waals surface area contributed by atoms with Gasteiger partial charge in [-0.3, -0.25) is 0 Å². The largest absolute Gasteiger partial charge is 0.472 e. The normalized spacial score (nSPS) is 19.8. The van der Waals surface area contributed by atoms with Crippen LogP contribution in [0.3, 0.4) is 0 Å². The molecule has 2 heterocycles. The molecule has 1 aliphatic heterocycles. The summed E-state index contributed by atoms with van der Waals surface area (Å²) in [5, 5.41) is 0. The first-order chi connectivity index (χ1) is 6.27. The van der Waals surface area contributed by atoms with E-state index in [4.69, 9.17) is 10.2 Å². The van der Waals surface area contributed by atoms with Crippen molar-refractivity contribution >= 4 is 0 Å². The molecular formula is C10H16N2O. The van der Waals surface area contributed by atoms with Crippen LogP contribution >= 0.6 is 0 Å². The predicted octanol–water partition coefficient (Wildman–Crippen LogP) is 1.29. The smallest absolute Gasteiger partial charge is 0.0953 e. The summed E-state index contributed by atoms with van der Waals surface area (Å²) < 4.78 is 5.10. The van der Waals surface area contributed by atoms with Crippen LogP contribution < -0.4 is 5.73 Å². The summed E-state index contributed by atoms with van der Waals surface area (Å²) in [7, 11) is 0. The van der Waals surface area contributed by atoms with Gasteiger partial charge in [0.15, 0.2) is 0 Å². The highest BCUT2D eigenvalue weighted by molar-refractivity contribution is 5.22. The van der Waals surface area contributed by atoms with Crippen molar-refractivity contribution in [2.24, 2.45) is 5.73 Å². The average molecular weight is 180 g/mol. The van der Waals surface area contributed by atoms with Crippen LogP contribution in [-0.4, -0.2) is 24.5 Å². The Morgan fingerprint density at radius 3 is 2.77 bits per heavy atom. The molecule has 0 aromatic carbocycles. The lowest BCUT2D eigenvalue weighted by atomic mass is 10.1. The summed E-state index contributed by atoms with van der Waals surface area (Å²) in [6.45, 7) is 5.39. The van der Waals surface area contributed by atoms with Gasteiger partial charge in [-0.15, -0.1) is 0 Å². The van der Waals surface area contributed by atoms with Crippen molar-refractivity contribution in [3.05, 3.63) is 23.7 Å². The van der Waals surface area contributed by atoms with Crippen LogP contribution in [0.2, 0.25) is 0 Å². The summed E-state index contributed by atoms with van der Waals surface area (Å²) in [6, 6.07) is 0.110. The molecular weight excluding hydrogens is 164 g/mol. The van der Waals surface area contributed by atoms with E-state index in [1.807, 2.05) is 6.92 Å². The minimum absolute atomic E-state index is 0.110.